The molecule has 100 valence electrons. The minimum atomic E-state index is -4.48. The second-order valence-electron chi connectivity index (χ2n) is 5.49. The number of nitrogens with two attached hydrogens (primary N) is 1. The minimum Gasteiger partial charge on any atom is -0.325 e. The SMILES string of the molecule is CC(C)(N)C1(c2cc(F)ccc2C(F)(F)F)CC1. The smallest absolute Gasteiger partial charge is 0.325 e. The maximum atomic E-state index is 13.3. The van der Waals surface area contributed by atoms with Crippen LogP contribution in [-0.2, 0) is 11.6 Å². The molecule has 0 radical (unpaired) electrons. The molecule has 0 aliphatic heterocycles. The zero-order chi connectivity index (χ0) is 13.8. The van der Waals surface area contributed by atoms with Crippen LogP contribution < -0.4 is 5.73 Å². The predicted molar refractivity (Wildman–Crippen MR) is 60.6 cm³/mol. The molecule has 1 nitrogen and oxygen atoms in total. The van der Waals surface area contributed by atoms with Crippen molar-refractivity contribution in [3.05, 3.63) is 35.1 Å². The Labute approximate surface area is 103 Å². The third kappa shape index (κ3) is 2.00. The van der Waals surface area contributed by atoms with Crippen molar-refractivity contribution in [3.8, 4) is 0 Å². The number of hydrogen-bond donors (Lipinski definition) is 1. The number of halogens is 4. The van der Waals surface area contributed by atoms with E-state index in [9.17, 15) is 17.6 Å². The van der Waals surface area contributed by atoms with Gasteiger partial charge < -0.3 is 5.73 Å². The maximum absolute atomic E-state index is 13.3. The molecule has 5 heteroatoms. The van der Waals surface area contributed by atoms with Gasteiger partial charge >= 0.3 is 6.18 Å². The standard InChI is InChI=1S/C13H15F4N/c1-11(2,18)12(5-6-12)10-7-8(14)3-4-9(10)13(15,16)17/h3-4,7H,5-6,18H2,1-2H3. The molecule has 0 atom stereocenters. The molecular formula is C13H15F4N. The molecule has 1 fully saturated rings. The first-order chi connectivity index (χ1) is 8.08. The number of hydrogen-bond acceptors (Lipinski definition) is 1. The quantitative estimate of drug-likeness (QED) is 0.808. The molecule has 18 heavy (non-hydrogen) atoms. The number of benzene rings is 1. The van der Waals surface area contributed by atoms with Crippen LogP contribution in [-0.4, -0.2) is 5.54 Å². The Kier molecular flexibility index (Phi) is 2.74. The summed E-state index contributed by atoms with van der Waals surface area (Å²) in [5, 5.41) is 0. The van der Waals surface area contributed by atoms with Crippen LogP contribution >= 0.6 is 0 Å². The van der Waals surface area contributed by atoms with Crippen LogP contribution in [0.4, 0.5) is 17.6 Å². The van der Waals surface area contributed by atoms with Crippen LogP contribution in [0.3, 0.4) is 0 Å². The normalized spacial score (nSPS) is 18.8. The molecule has 1 saturated carbocycles. The molecule has 2 rings (SSSR count). The Morgan fingerprint density at radius 1 is 1.17 bits per heavy atom. The van der Waals surface area contributed by atoms with Crippen LogP contribution in [0, 0.1) is 5.82 Å². The topological polar surface area (TPSA) is 26.0 Å². The lowest BCUT2D eigenvalue weighted by molar-refractivity contribution is -0.138. The van der Waals surface area contributed by atoms with Crippen LogP contribution in [0.25, 0.3) is 0 Å². The van der Waals surface area contributed by atoms with E-state index in [2.05, 4.69) is 0 Å². The molecule has 1 aromatic carbocycles. The molecule has 0 amide bonds. The third-order valence-corrected chi connectivity index (χ3v) is 3.79. The summed E-state index contributed by atoms with van der Waals surface area (Å²) in [6.07, 6.45) is -3.37. The van der Waals surface area contributed by atoms with Gasteiger partial charge in [0, 0.05) is 11.0 Å². The van der Waals surface area contributed by atoms with Gasteiger partial charge in [-0.25, -0.2) is 4.39 Å². The molecule has 2 N–H and O–H groups in total. The molecule has 0 heterocycles. The zero-order valence-corrected chi connectivity index (χ0v) is 10.2. The highest BCUT2D eigenvalue weighted by molar-refractivity contribution is 5.43. The molecule has 0 unspecified atom stereocenters. The van der Waals surface area contributed by atoms with E-state index in [0.717, 1.165) is 18.2 Å². The van der Waals surface area contributed by atoms with Gasteiger partial charge in [-0.15, -0.1) is 0 Å². The molecule has 1 aliphatic carbocycles. The average Bonchev–Trinajstić information content (AvgIpc) is 2.94. The summed E-state index contributed by atoms with van der Waals surface area (Å²) in [4.78, 5) is 0. The molecule has 0 bridgehead atoms. The Bertz CT molecular complexity index is 467. The van der Waals surface area contributed by atoms with Crippen LogP contribution in [0.2, 0.25) is 0 Å². The van der Waals surface area contributed by atoms with Crippen molar-refractivity contribution in [2.45, 2.75) is 43.8 Å². The second kappa shape index (κ2) is 3.70. The van der Waals surface area contributed by atoms with Crippen molar-refractivity contribution in [2.24, 2.45) is 5.73 Å². The van der Waals surface area contributed by atoms with E-state index < -0.39 is 28.5 Å². The Morgan fingerprint density at radius 2 is 1.72 bits per heavy atom. The van der Waals surface area contributed by atoms with Gasteiger partial charge in [0.2, 0.25) is 0 Å². The zero-order valence-electron chi connectivity index (χ0n) is 10.2. The highest BCUT2D eigenvalue weighted by atomic mass is 19.4. The summed E-state index contributed by atoms with van der Waals surface area (Å²) >= 11 is 0. The van der Waals surface area contributed by atoms with Crippen molar-refractivity contribution in [3.63, 3.8) is 0 Å². The molecule has 0 aromatic heterocycles. The van der Waals surface area contributed by atoms with Crippen molar-refractivity contribution < 1.29 is 17.6 Å². The highest BCUT2D eigenvalue weighted by Gasteiger charge is 2.56. The van der Waals surface area contributed by atoms with Crippen molar-refractivity contribution in [1.29, 1.82) is 0 Å². The van der Waals surface area contributed by atoms with Crippen molar-refractivity contribution in [1.82, 2.24) is 0 Å². The molecule has 1 aromatic rings. The van der Waals surface area contributed by atoms with Crippen molar-refractivity contribution in [2.75, 3.05) is 0 Å². The van der Waals surface area contributed by atoms with E-state index in [1.54, 1.807) is 13.8 Å². The fourth-order valence-corrected chi connectivity index (χ4v) is 2.55. The Balaban J connectivity index is 2.61. The summed E-state index contributed by atoms with van der Waals surface area (Å²) in [5.74, 6) is -0.659. The van der Waals surface area contributed by atoms with E-state index in [1.807, 2.05) is 0 Å². The van der Waals surface area contributed by atoms with E-state index >= 15 is 0 Å². The molecular weight excluding hydrogens is 246 g/mol. The fourth-order valence-electron chi connectivity index (χ4n) is 2.55. The summed E-state index contributed by atoms with van der Waals surface area (Å²) in [6.45, 7) is 3.37. The van der Waals surface area contributed by atoms with Gasteiger partial charge in [-0.05, 0) is 50.5 Å². The van der Waals surface area contributed by atoms with E-state index in [1.165, 1.54) is 0 Å². The Morgan fingerprint density at radius 3 is 2.11 bits per heavy atom. The highest BCUT2D eigenvalue weighted by Crippen LogP contribution is 2.57. The summed E-state index contributed by atoms with van der Waals surface area (Å²) in [5.41, 5.74) is 3.62. The lowest BCUT2D eigenvalue weighted by Gasteiger charge is -2.33. The van der Waals surface area contributed by atoms with Gasteiger partial charge in [0.05, 0.1) is 5.56 Å². The second-order valence-corrected chi connectivity index (χ2v) is 5.49. The van der Waals surface area contributed by atoms with E-state index in [0.29, 0.717) is 12.8 Å². The van der Waals surface area contributed by atoms with Crippen LogP contribution in [0.1, 0.15) is 37.8 Å². The third-order valence-electron chi connectivity index (χ3n) is 3.79. The van der Waals surface area contributed by atoms with Crippen molar-refractivity contribution >= 4 is 0 Å². The monoisotopic (exact) mass is 261 g/mol. The van der Waals surface area contributed by atoms with E-state index in [4.69, 9.17) is 5.73 Å². The first kappa shape index (κ1) is 13.3. The van der Waals surface area contributed by atoms with Gasteiger partial charge in [0.25, 0.3) is 0 Å². The largest absolute Gasteiger partial charge is 0.416 e. The van der Waals surface area contributed by atoms with Gasteiger partial charge in [0.1, 0.15) is 5.82 Å². The molecule has 0 spiro atoms. The van der Waals surface area contributed by atoms with Gasteiger partial charge in [-0.1, -0.05) is 0 Å². The lowest BCUT2D eigenvalue weighted by Crippen LogP contribution is -2.46. The summed E-state index contributed by atoms with van der Waals surface area (Å²) in [6, 6.07) is 2.62. The summed E-state index contributed by atoms with van der Waals surface area (Å²) < 4.78 is 52.2. The molecule has 1 aliphatic rings. The Hall–Kier alpha value is -1.10. The number of alkyl halides is 3. The lowest BCUT2D eigenvalue weighted by atomic mass is 9.77. The van der Waals surface area contributed by atoms with Gasteiger partial charge in [-0.3, -0.25) is 0 Å². The predicted octanol–water partition coefficient (Wildman–Crippen LogP) is 3.61. The van der Waals surface area contributed by atoms with Gasteiger partial charge in [0.15, 0.2) is 0 Å². The maximum Gasteiger partial charge on any atom is 0.416 e. The average molecular weight is 261 g/mol. The summed E-state index contributed by atoms with van der Waals surface area (Å²) in [7, 11) is 0. The fraction of sp³-hybridized carbons (Fsp3) is 0.538. The van der Waals surface area contributed by atoms with E-state index in [-0.39, 0.29) is 5.56 Å². The minimum absolute atomic E-state index is 0.0116. The number of rotatable bonds is 2. The first-order valence-corrected chi connectivity index (χ1v) is 5.74. The van der Waals surface area contributed by atoms with Crippen LogP contribution in [0.5, 0.6) is 0 Å². The van der Waals surface area contributed by atoms with Gasteiger partial charge in [-0.2, -0.15) is 13.2 Å². The first-order valence-electron chi connectivity index (χ1n) is 5.74. The van der Waals surface area contributed by atoms with Crippen LogP contribution in [0.15, 0.2) is 18.2 Å². The molecule has 0 saturated heterocycles.